The lowest BCUT2D eigenvalue weighted by atomic mass is 10.5. The Kier molecular flexibility index (Phi) is 5.06. The number of hydrogen-bond acceptors (Lipinski definition) is 2. The maximum atomic E-state index is 4.64. The van der Waals surface area contributed by atoms with E-state index in [1.165, 1.54) is 6.21 Å². The van der Waals surface area contributed by atoms with Crippen LogP contribution >= 0.6 is 0 Å². The van der Waals surface area contributed by atoms with Gasteiger partial charge >= 0.3 is 0 Å². The Morgan fingerprint density at radius 1 is 1.86 bits per heavy atom. The van der Waals surface area contributed by atoms with Crippen LogP contribution in [0.1, 0.15) is 13.3 Å². The van der Waals surface area contributed by atoms with Gasteiger partial charge in [-0.05, 0) is 13.3 Å². The average Bonchev–Trinajstić information content (AvgIpc) is 1.69. The van der Waals surface area contributed by atoms with Crippen molar-refractivity contribution in [1.82, 2.24) is 0 Å². The SMILES string of the molecule is [CH2]C=NOCCC. The first kappa shape index (κ1) is 6.47. The molecule has 0 amide bonds. The second kappa shape index (κ2) is 5.47. The minimum Gasteiger partial charge on any atom is -0.396 e. The molecule has 0 saturated heterocycles. The molecule has 0 atom stereocenters. The molecule has 2 heteroatoms. The standard InChI is InChI=1S/C5H10NO/c1-3-5-7-6-4-2/h4H,2-3,5H2,1H3. The number of rotatable bonds is 3. The average molecular weight is 100 g/mol. The van der Waals surface area contributed by atoms with Crippen molar-refractivity contribution < 1.29 is 4.84 Å². The summed E-state index contributed by atoms with van der Waals surface area (Å²) in [6.45, 7) is 6.05. The van der Waals surface area contributed by atoms with Crippen LogP contribution < -0.4 is 0 Å². The zero-order valence-electron chi connectivity index (χ0n) is 4.55. The molecule has 0 fully saturated rings. The quantitative estimate of drug-likeness (QED) is 0.297. The van der Waals surface area contributed by atoms with Crippen molar-refractivity contribution in [3.05, 3.63) is 6.92 Å². The van der Waals surface area contributed by atoms with Crippen molar-refractivity contribution in [2.24, 2.45) is 5.16 Å². The highest BCUT2D eigenvalue weighted by atomic mass is 16.6. The highest BCUT2D eigenvalue weighted by Crippen LogP contribution is 1.77. The lowest BCUT2D eigenvalue weighted by Crippen LogP contribution is -1.82. The molecule has 0 heterocycles. The number of nitrogens with zero attached hydrogens (tertiary/aromatic N) is 1. The van der Waals surface area contributed by atoms with Crippen molar-refractivity contribution in [3.8, 4) is 0 Å². The predicted octanol–water partition coefficient (Wildman–Crippen LogP) is 1.23. The third-order valence-corrected chi connectivity index (χ3v) is 0.444. The Morgan fingerprint density at radius 2 is 2.57 bits per heavy atom. The fourth-order valence-corrected chi connectivity index (χ4v) is 0.197. The molecule has 1 radical (unpaired) electrons. The minimum absolute atomic E-state index is 0.687. The Balaban J connectivity index is 2.69. The van der Waals surface area contributed by atoms with E-state index >= 15 is 0 Å². The lowest BCUT2D eigenvalue weighted by molar-refractivity contribution is 0.147. The number of oxime groups is 1. The van der Waals surface area contributed by atoms with Crippen LogP contribution in [0.2, 0.25) is 0 Å². The molecule has 0 aromatic carbocycles. The summed E-state index contributed by atoms with van der Waals surface area (Å²) in [6.07, 6.45) is 2.38. The summed E-state index contributed by atoms with van der Waals surface area (Å²) in [7, 11) is 0. The van der Waals surface area contributed by atoms with Gasteiger partial charge in [-0.1, -0.05) is 12.1 Å². The Bertz CT molecular complexity index is 52.0. The normalized spacial score (nSPS) is 10.0. The second-order valence-corrected chi connectivity index (χ2v) is 1.12. The maximum Gasteiger partial charge on any atom is 0.116 e. The summed E-state index contributed by atoms with van der Waals surface area (Å²) in [6, 6.07) is 0. The van der Waals surface area contributed by atoms with E-state index in [0.29, 0.717) is 6.61 Å². The van der Waals surface area contributed by atoms with Gasteiger partial charge in [0.1, 0.15) is 6.61 Å². The first-order valence-corrected chi connectivity index (χ1v) is 2.34. The topological polar surface area (TPSA) is 21.6 Å². The van der Waals surface area contributed by atoms with Gasteiger partial charge in [0, 0.05) is 6.21 Å². The van der Waals surface area contributed by atoms with Gasteiger partial charge in [-0.2, -0.15) is 0 Å². The Labute approximate surface area is 44.2 Å². The molecular weight excluding hydrogens is 90.1 g/mol. The van der Waals surface area contributed by atoms with Crippen molar-refractivity contribution in [2.75, 3.05) is 6.61 Å². The summed E-state index contributed by atoms with van der Waals surface area (Å²) in [5, 5.41) is 3.43. The van der Waals surface area contributed by atoms with Gasteiger partial charge in [0.25, 0.3) is 0 Å². The van der Waals surface area contributed by atoms with Gasteiger partial charge in [-0.15, -0.1) is 0 Å². The van der Waals surface area contributed by atoms with Crippen molar-refractivity contribution in [3.63, 3.8) is 0 Å². The zero-order chi connectivity index (χ0) is 5.54. The molecule has 0 aliphatic carbocycles. The van der Waals surface area contributed by atoms with Crippen LogP contribution in [0.5, 0.6) is 0 Å². The molecule has 0 bridgehead atoms. The summed E-state index contributed by atoms with van der Waals surface area (Å²) >= 11 is 0. The first-order chi connectivity index (χ1) is 3.41. The zero-order valence-corrected chi connectivity index (χ0v) is 4.55. The van der Waals surface area contributed by atoms with E-state index in [0.717, 1.165) is 6.42 Å². The molecule has 2 nitrogen and oxygen atoms in total. The molecule has 0 spiro atoms. The van der Waals surface area contributed by atoms with E-state index in [-0.39, 0.29) is 0 Å². The molecule has 0 rings (SSSR count). The van der Waals surface area contributed by atoms with E-state index < -0.39 is 0 Å². The van der Waals surface area contributed by atoms with E-state index in [4.69, 9.17) is 0 Å². The van der Waals surface area contributed by atoms with Gasteiger partial charge < -0.3 is 4.84 Å². The largest absolute Gasteiger partial charge is 0.396 e. The van der Waals surface area contributed by atoms with Crippen LogP contribution in [0.15, 0.2) is 5.16 Å². The predicted molar refractivity (Wildman–Crippen MR) is 30.1 cm³/mol. The van der Waals surface area contributed by atoms with Gasteiger partial charge in [-0.3, -0.25) is 0 Å². The van der Waals surface area contributed by atoms with Crippen LogP contribution in [-0.4, -0.2) is 12.8 Å². The molecule has 7 heavy (non-hydrogen) atoms. The van der Waals surface area contributed by atoms with E-state index in [1.54, 1.807) is 0 Å². The molecule has 0 saturated carbocycles. The van der Waals surface area contributed by atoms with Gasteiger partial charge in [0.15, 0.2) is 0 Å². The molecule has 0 unspecified atom stereocenters. The Morgan fingerprint density at radius 3 is 3.00 bits per heavy atom. The number of hydrogen-bond donors (Lipinski definition) is 0. The molecule has 41 valence electrons. The lowest BCUT2D eigenvalue weighted by Gasteiger charge is -1.89. The van der Waals surface area contributed by atoms with Crippen LogP contribution in [0.3, 0.4) is 0 Å². The first-order valence-electron chi connectivity index (χ1n) is 2.34. The molecule has 0 N–H and O–H groups in total. The highest BCUT2D eigenvalue weighted by Gasteiger charge is 1.71. The molecular formula is C5H10NO. The van der Waals surface area contributed by atoms with Crippen molar-refractivity contribution >= 4 is 6.21 Å². The highest BCUT2D eigenvalue weighted by molar-refractivity contribution is 5.60. The summed E-state index contributed by atoms with van der Waals surface area (Å²) in [4.78, 5) is 4.64. The van der Waals surface area contributed by atoms with Crippen LogP contribution in [0.25, 0.3) is 0 Å². The van der Waals surface area contributed by atoms with E-state index in [2.05, 4.69) is 16.9 Å². The fraction of sp³-hybridized carbons (Fsp3) is 0.600. The second-order valence-electron chi connectivity index (χ2n) is 1.12. The molecule has 0 aliphatic heterocycles. The summed E-state index contributed by atoms with van der Waals surface area (Å²) in [5.74, 6) is 0. The third-order valence-electron chi connectivity index (χ3n) is 0.444. The van der Waals surface area contributed by atoms with Crippen LogP contribution in [-0.2, 0) is 4.84 Å². The molecule has 0 aromatic heterocycles. The Hall–Kier alpha value is -0.530. The van der Waals surface area contributed by atoms with Crippen LogP contribution in [0.4, 0.5) is 0 Å². The van der Waals surface area contributed by atoms with Crippen LogP contribution in [0, 0.1) is 6.92 Å². The van der Waals surface area contributed by atoms with E-state index in [1.807, 2.05) is 6.92 Å². The summed E-state index contributed by atoms with van der Waals surface area (Å²) < 4.78 is 0. The molecule has 0 aliphatic rings. The minimum atomic E-state index is 0.687. The van der Waals surface area contributed by atoms with E-state index in [9.17, 15) is 0 Å². The fourth-order valence-electron chi connectivity index (χ4n) is 0.197. The van der Waals surface area contributed by atoms with Crippen molar-refractivity contribution in [1.29, 1.82) is 0 Å². The third kappa shape index (κ3) is 5.47. The van der Waals surface area contributed by atoms with Crippen molar-refractivity contribution in [2.45, 2.75) is 13.3 Å². The smallest absolute Gasteiger partial charge is 0.116 e. The van der Waals surface area contributed by atoms with Gasteiger partial charge in [-0.25, -0.2) is 0 Å². The molecule has 0 aromatic rings. The van der Waals surface area contributed by atoms with Gasteiger partial charge in [0.05, 0.1) is 0 Å². The van der Waals surface area contributed by atoms with Gasteiger partial charge in [0.2, 0.25) is 0 Å². The summed E-state index contributed by atoms with van der Waals surface area (Å²) in [5.41, 5.74) is 0. The monoisotopic (exact) mass is 100 g/mol. The maximum absolute atomic E-state index is 4.64.